The molecule has 0 aliphatic carbocycles. The summed E-state index contributed by atoms with van der Waals surface area (Å²) in [5, 5.41) is 8.76. The lowest BCUT2D eigenvalue weighted by molar-refractivity contribution is 0.149. The predicted octanol–water partition coefficient (Wildman–Crippen LogP) is 2.93. The van der Waals surface area contributed by atoms with Crippen LogP contribution in [0.1, 0.15) is 17.6 Å². The lowest BCUT2D eigenvalue weighted by atomic mass is 10.2. The molecule has 0 aromatic carbocycles. The lowest BCUT2D eigenvalue weighted by Crippen LogP contribution is -1.95. The van der Waals surface area contributed by atoms with Gasteiger partial charge in [-0.2, -0.15) is 0 Å². The van der Waals surface area contributed by atoms with Crippen molar-refractivity contribution in [3.8, 4) is 0 Å². The molecule has 0 radical (unpaired) electrons. The molecule has 0 amide bonds. The molecule has 0 aliphatic heterocycles. The molecule has 0 aliphatic rings. The Morgan fingerprint density at radius 3 is 2.69 bits per heavy atom. The normalized spacial score (nSPS) is 10.9. The predicted molar refractivity (Wildman–Crippen MR) is 47.8 cm³/mol. The van der Waals surface area contributed by atoms with E-state index >= 15 is 0 Å². The van der Waals surface area contributed by atoms with E-state index in [9.17, 15) is 8.78 Å². The number of hydrogen-bond donors (Lipinski definition) is 1. The number of aliphatic hydroxyl groups is 1. The molecule has 1 heterocycles. The summed E-state index contributed by atoms with van der Waals surface area (Å²) in [6.07, 6.45) is -2.63. The van der Waals surface area contributed by atoms with Crippen molar-refractivity contribution in [1.82, 2.24) is 4.98 Å². The average molecular weight is 272 g/mol. The Kier molecular flexibility index (Phi) is 3.58. The van der Waals surface area contributed by atoms with Gasteiger partial charge >= 0.3 is 0 Å². The summed E-state index contributed by atoms with van der Waals surface area (Å²) < 4.78 is 24.6. The number of rotatable bonds is 2. The molecule has 72 valence electrons. The Bertz CT molecular complexity index is 322. The highest BCUT2D eigenvalue weighted by molar-refractivity contribution is 9.10. The summed E-state index contributed by atoms with van der Waals surface area (Å²) in [5.41, 5.74) is -0.0754. The van der Waals surface area contributed by atoms with Gasteiger partial charge in [0.1, 0.15) is 9.76 Å². The van der Waals surface area contributed by atoms with E-state index in [-0.39, 0.29) is 20.9 Å². The fourth-order valence-corrected chi connectivity index (χ4v) is 1.56. The minimum atomic E-state index is -2.63. The molecule has 0 saturated heterocycles. The van der Waals surface area contributed by atoms with Gasteiger partial charge in [0.05, 0.1) is 12.2 Å². The highest BCUT2D eigenvalue weighted by atomic mass is 79.9. The zero-order valence-corrected chi connectivity index (χ0v) is 8.61. The summed E-state index contributed by atoms with van der Waals surface area (Å²) >= 11 is 8.41. The van der Waals surface area contributed by atoms with Crippen molar-refractivity contribution in [2.75, 3.05) is 0 Å². The number of halogens is 4. The van der Waals surface area contributed by atoms with Crippen molar-refractivity contribution in [3.63, 3.8) is 0 Å². The van der Waals surface area contributed by atoms with Gasteiger partial charge in [-0.15, -0.1) is 0 Å². The molecule has 0 fully saturated rings. The maximum atomic E-state index is 12.3. The molecule has 0 bridgehead atoms. The van der Waals surface area contributed by atoms with Gasteiger partial charge in [-0.3, -0.25) is 0 Å². The van der Waals surface area contributed by atoms with E-state index < -0.39 is 13.0 Å². The molecule has 1 rings (SSSR count). The van der Waals surface area contributed by atoms with Gasteiger partial charge in [0.2, 0.25) is 0 Å². The standard InChI is InChI=1S/C7H5BrClF2NO/c8-5-4(7(10)11)1-3(2-13)6(9)12-5/h1,7,13H,2H2. The number of hydrogen-bond acceptors (Lipinski definition) is 2. The molecule has 1 aromatic heterocycles. The number of nitrogens with zero attached hydrogens (tertiary/aromatic N) is 1. The van der Waals surface area contributed by atoms with Crippen LogP contribution in [0.25, 0.3) is 0 Å². The van der Waals surface area contributed by atoms with Crippen LogP contribution in [0.4, 0.5) is 8.78 Å². The Morgan fingerprint density at radius 1 is 1.62 bits per heavy atom. The zero-order chi connectivity index (χ0) is 10.0. The fourth-order valence-electron chi connectivity index (χ4n) is 0.793. The zero-order valence-electron chi connectivity index (χ0n) is 6.27. The summed E-state index contributed by atoms with van der Waals surface area (Å²) in [6.45, 7) is -0.404. The maximum absolute atomic E-state index is 12.3. The average Bonchev–Trinajstić information content (AvgIpc) is 2.03. The van der Waals surface area contributed by atoms with Crippen LogP contribution in [-0.2, 0) is 6.61 Å². The third-order valence-electron chi connectivity index (χ3n) is 1.43. The molecule has 13 heavy (non-hydrogen) atoms. The van der Waals surface area contributed by atoms with Gasteiger partial charge in [-0.25, -0.2) is 13.8 Å². The minimum Gasteiger partial charge on any atom is -0.392 e. The summed E-state index contributed by atoms with van der Waals surface area (Å²) in [4.78, 5) is 3.61. The van der Waals surface area contributed by atoms with E-state index in [2.05, 4.69) is 20.9 Å². The second kappa shape index (κ2) is 4.30. The van der Waals surface area contributed by atoms with E-state index in [0.717, 1.165) is 6.07 Å². The monoisotopic (exact) mass is 271 g/mol. The second-order valence-electron chi connectivity index (χ2n) is 2.28. The first-order valence-electron chi connectivity index (χ1n) is 3.30. The Labute approximate surface area is 86.7 Å². The van der Waals surface area contributed by atoms with Gasteiger partial charge < -0.3 is 5.11 Å². The first-order chi connectivity index (χ1) is 6.06. The molecule has 1 N–H and O–H groups in total. The van der Waals surface area contributed by atoms with Gasteiger partial charge in [-0.05, 0) is 22.0 Å². The first-order valence-corrected chi connectivity index (χ1v) is 4.47. The van der Waals surface area contributed by atoms with Crippen LogP contribution in [0.2, 0.25) is 5.15 Å². The van der Waals surface area contributed by atoms with E-state index in [1.165, 1.54) is 0 Å². The van der Waals surface area contributed by atoms with Crippen molar-refractivity contribution in [2.24, 2.45) is 0 Å². The summed E-state index contributed by atoms with van der Waals surface area (Å²) in [7, 11) is 0. The van der Waals surface area contributed by atoms with Crippen molar-refractivity contribution in [2.45, 2.75) is 13.0 Å². The van der Waals surface area contributed by atoms with Gasteiger partial charge in [0.15, 0.2) is 0 Å². The van der Waals surface area contributed by atoms with Crippen molar-refractivity contribution >= 4 is 27.5 Å². The van der Waals surface area contributed by atoms with Gasteiger partial charge in [-0.1, -0.05) is 11.6 Å². The number of aliphatic hydroxyl groups excluding tert-OH is 1. The van der Waals surface area contributed by atoms with Crippen LogP contribution in [0.3, 0.4) is 0 Å². The summed E-state index contributed by atoms with van der Waals surface area (Å²) in [5.74, 6) is 0. The van der Waals surface area contributed by atoms with Crippen molar-refractivity contribution in [1.29, 1.82) is 0 Å². The maximum Gasteiger partial charge on any atom is 0.266 e. The van der Waals surface area contributed by atoms with E-state index in [0.29, 0.717) is 0 Å². The van der Waals surface area contributed by atoms with Crippen LogP contribution in [0.5, 0.6) is 0 Å². The Hall–Kier alpha value is -0.260. The Balaban J connectivity index is 3.22. The molecular weight excluding hydrogens is 267 g/mol. The highest BCUT2D eigenvalue weighted by Crippen LogP contribution is 2.29. The first kappa shape index (κ1) is 10.8. The molecule has 2 nitrogen and oxygen atoms in total. The highest BCUT2D eigenvalue weighted by Gasteiger charge is 2.15. The number of pyridine rings is 1. The van der Waals surface area contributed by atoms with E-state index in [1.807, 2.05) is 0 Å². The number of alkyl halides is 2. The number of aromatic nitrogens is 1. The van der Waals surface area contributed by atoms with Crippen LogP contribution < -0.4 is 0 Å². The minimum absolute atomic E-state index is 0.00435. The molecule has 0 unspecified atom stereocenters. The topological polar surface area (TPSA) is 33.1 Å². The second-order valence-corrected chi connectivity index (χ2v) is 3.39. The Morgan fingerprint density at radius 2 is 2.23 bits per heavy atom. The van der Waals surface area contributed by atoms with Crippen molar-refractivity contribution in [3.05, 3.63) is 26.9 Å². The van der Waals surface area contributed by atoms with Crippen LogP contribution in [0.15, 0.2) is 10.7 Å². The molecule has 0 spiro atoms. The molecular formula is C7H5BrClF2NO. The largest absolute Gasteiger partial charge is 0.392 e. The van der Waals surface area contributed by atoms with Crippen molar-refractivity contribution < 1.29 is 13.9 Å². The summed E-state index contributed by atoms with van der Waals surface area (Å²) in [6, 6.07) is 1.13. The molecule has 0 atom stereocenters. The van der Waals surface area contributed by atoms with Crippen LogP contribution >= 0.6 is 27.5 Å². The lowest BCUT2D eigenvalue weighted by Gasteiger charge is -2.06. The SMILES string of the molecule is OCc1cc(C(F)F)c(Br)nc1Cl. The molecule has 0 saturated carbocycles. The molecule has 1 aromatic rings. The van der Waals surface area contributed by atoms with Gasteiger partial charge in [0.25, 0.3) is 6.43 Å². The van der Waals surface area contributed by atoms with Crippen LogP contribution in [-0.4, -0.2) is 10.1 Å². The third-order valence-corrected chi connectivity index (χ3v) is 2.40. The third kappa shape index (κ3) is 2.36. The van der Waals surface area contributed by atoms with E-state index in [4.69, 9.17) is 16.7 Å². The fraction of sp³-hybridized carbons (Fsp3) is 0.286. The van der Waals surface area contributed by atoms with Gasteiger partial charge in [0, 0.05) is 5.56 Å². The molecule has 6 heteroatoms. The van der Waals surface area contributed by atoms with E-state index in [1.54, 1.807) is 0 Å². The van der Waals surface area contributed by atoms with Crippen LogP contribution in [0, 0.1) is 0 Å². The smallest absolute Gasteiger partial charge is 0.266 e. The quantitative estimate of drug-likeness (QED) is 0.840.